The zero-order valence-electron chi connectivity index (χ0n) is 10.9. The molecule has 0 unspecified atom stereocenters. The summed E-state index contributed by atoms with van der Waals surface area (Å²) >= 11 is 0. The van der Waals surface area contributed by atoms with Crippen molar-refractivity contribution in [3.63, 3.8) is 0 Å². The molecule has 0 aliphatic carbocycles. The van der Waals surface area contributed by atoms with Crippen LogP contribution in [-0.4, -0.2) is 11.6 Å². The summed E-state index contributed by atoms with van der Waals surface area (Å²) in [6.45, 7) is 6.82. The summed E-state index contributed by atoms with van der Waals surface area (Å²) in [5.41, 5.74) is 1.36. The first-order chi connectivity index (χ1) is 8.08. The molecule has 2 heterocycles. The highest BCUT2D eigenvalue weighted by Crippen LogP contribution is 2.45. The largest absolute Gasteiger partial charge is 0.487 e. The highest BCUT2D eigenvalue weighted by Gasteiger charge is 2.48. The SMILES string of the molecule is C[C@@H]1CC[C@H]2[C@@H]([NH2+]1)c1ccccc1OC2(C)C. The second-order valence-corrected chi connectivity index (χ2v) is 6.12. The van der Waals surface area contributed by atoms with Crippen molar-refractivity contribution < 1.29 is 10.1 Å². The third kappa shape index (κ3) is 1.75. The van der Waals surface area contributed by atoms with Gasteiger partial charge in [0.25, 0.3) is 0 Å². The van der Waals surface area contributed by atoms with Gasteiger partial charge in [0.2, 0.25) is 0 Å². The van der Waals surface area contributed by atoms with Crippen LogP contribution in [0, 0.1) is 5.92 Å². The molecule has 3 atom stereocenters. The summed E-state index contributed by atoms with van der Waals surface area (Å²) < 4.78 is 6.20. The lowest BCUT2D eigenvalue weighted by atomic mass is 9.73. The minimum absolute atomic E-state index is 0.0321. The number of quaternary nitrogens is 1. The number of para-hydroxylation sites is 1. The van der Waals surface area contributed by atoms with Gasteiger partial charge in [0.15, 0.2) is 0 Å². The van der Waals surface area contributed by atoms with Crippen LogP contribution in [0.1, 0.15) is 45.2 Å². The van der Waals surface area contributed by atoms with E-state index in [1.807, 2.05) is 0 Å². The number of ether oxygens (including phenoxy) is 1. The summed E-state index contributed by atoms with van der Waals surface area (Å²) in [5, 5.41) is 2.54. The van der Waals surface area contributed by atoms with E-state index in [2.05, 4.69) is 50.4 Å². The molecule has 2 heteroatoms. The van der Waals surface area contributed by atoms with E-state index in [-0.39, 0.29) is 5.60 Å². The Hall–Kier alpha value is -1.02. The van der Waals surface area contributed by atoms with Crippen molar-refractivity contribution in [2.45, 2.75) is 51.3 Å². The second kappa shape index (κ2) is 3.74. The number of benzene rings is 1. The smallest absolute Gasteiger partial charge is 0.129 e. The molecule has 0 saturated carbocycles. The number of fused-ring (bicyclic) bond motifs is 3. The fourth-order valence-electron chi connectivity index (χ4n) is 3.51. The number of piperidine rings is 1. The van der Waals surface area contributed by atoms with E-state index in [0.717, 1.165) is 11.8 Å². The zero-order valence-corrected chi connectivity index (χ0v) is 10.9. The summed E-state index contributed by atoms with van der Waals surface area (Å²) in [4.78, 5) is 0. The summed E-state index contributed by atoms with van der Waals surface area (Å²) in [6, 6.07) is 9.86. The third-order valence-electron chi connectivity index (χ3n) is 4.45. The maximum Gasteiger partial charge on any atom is 0.129 e. The minimum Gasteiger partial charge on any atom is -0.487 e. The van der Waals surface area contributed by atoms with Gasteiger partial charge < -0.3 is 10.1 Å². The van der Waals surface area contributed by atoms with Gasteiger partial charge in [-0.05, 0) is 45.7 Å². The molecule has 0 bridgehead atoms. The Labute approximate surface area is 103 Å². The molecule has 2 N–H and O–H groups in total. The molecule has 2 aliphatic heterocycles. The van der Waals surface area contributed by atoms with Gasteiger partial charge in [-0.25, -0.2) is 0 Å². The van der Waals surface area contributed by atoms with Crippen molar-refractivity contribution in [3.05, 3.63) is 29.8 Å². The molecule has 1 saturated heterocycles. The van der Waals surface area contributed by atoms with Gasteiger partial charge in [-0.2, -0.15) is 0 Å². The normalized spacial score (nSPS) is 34.4. The molecule has 0 radical (unpaired) electrons. The van der Waals surface area contributed by atoms with Gasteiger partial charge in [-0.3, -0.25) is 0 Å². The van der Waals surface area contributed by atoms with Gasteiger partial charge in [0, 0.05) is 0 Å². The average Bonchev–Trinajstić information content (AvgIpc) is 2.28. The fourth-order valence-corrected chi connectivity index (χ4v) is 3.51. The topological polar surface area (TPSA) is 25.8 Å². The van der Waals surface area contributed by atoms with Crippen molar-refractivity contribution in [2.24, 2.45) is 5.92 Å². The quantitative estimate of drug-likeness (QED) is 0.729. The zero-order chi connectivity index (χ0) is 12.0. The minimum atomic E-state index is -0.0321. The standard InChI is InChI=1S/C15H21NO/c1-10-8-9-12-14(16-10)11-6-4-5-7-13(11)17-15(12,2)3/h4-7,10,12,14,16H,8-9H2,1-3H3/p+1/t10-,12+,14+/m1/s1. The molecule has 2 aliphatic rings. The molecule has 1 fully saturated rings. The molecule has 1 aromatic rings. The van der Waals surface area contributed by atoms with Crippen molar-refractivity contribution in [1.29, 1.82) is 0 Å². The van der Waals surface area contributed by atoms with Gasteiger partial charge >= 0.3 is 0 Å². The summed E-state index contributed by atoms with van der Waals surface area (Å²) in [7, 11) is 0. The third-order valence-corrected chi connectivity index (χ3v) is 4.45. The van der Waals surface area contributed by atoms with E-state index in [1.54, 1.807) is 0 Å². The Morgan fingerprint density at radius 1 is 1.24 bits per heavy atom. The predicted octanol–water partition coefficient (Wildman–Crippen LogP) is 2.26. The van der Waals surface area contributed by atoms with Crippen LogP contribution in [0.3, 0.4) is 0 Å². The lowest BCUT2D eigenvalue weighted by molar-refractivity contribution is -0.744. The average molecular weight is 232 g/mol. The van der Waals surface area contributed by atoms with E-state index in [1.165, 1.54) is 18.4 Å². The molecule has 92 valence electrons. The molecule has 0 spiro atoms. The lowest BCUT2D eigenvalue weighted by Crippen LogP contribution is -2.94. The lowest BCUT2D eigenvalue weighted by Gasteiger charge is -2.46. The maximum atomic E-state index is 6.20. The first-order valence-electron chi connectivity index (χ1n) is 6.71. The maximum absolute atomic E-state index is 6.20. The van der Waals surface area contributed by atoms with Crippen molar-refractivity contribution in [2.75, 3.05) is 0 Å². The molecule has 1 aromatic carbocycles. The van der Waals surface area contributed by atoms with Crippen LogP contribution in [0.15, 0.2) is 24.3 Å². The first-order valence-corrected chi connectivity index (χ1v) is 6.71. The molecule has 2 nitrogen and oxygen atoms in total. The van der Waals surface area contributed by atoms with Crippen LogP contribution in [0.5, 0.6) is 5.75 Å². The predicted molar refractivity (Wildman–Crippen MR) is 68.0 cm³/mol. The Morgan fingerprint density at radius 3 is 2.82 bits per heavy atom. The van der Waals surface area contributed by atoms with Gasteiger partial charge in [-0.15, -0.1) is 0 Å². The van der Waals surface area contributed by atoms with E-state index in [4.69, 9.17) is 4.74 Å². The summed E-state index contributed by atoms with van der Waals surface area (Å²) in [6.07, 6.45) is 2.58. The van der Waals surface area contributed by atoms with Crippen molar-refractivity contribution in [1.82, 2.24) is 0 Å². The van der Waals surface area contributed by atoms with E-state index in [0.29, 0.717) is 12.0 Å². The number of hydrogen-bond donors (Lipinski definition) is 1. The van der Waals surface area contributed by atoms with Crippen LogP contribution in [0.4, 0.5) is 0 Å². The van der Waals surface area contributed by atoms with Crippen molar-refractivity contribution in [3.8, 4) is 5.75 Å². The van der Waals surface area contributed by atoms with E-state index >= 15 is 0 Å². The second-order valence-electron chi connectivity index (χ2n) is 6.12. The van der Waals surface area contributed by atoms with E-state index in [9.17, 15) is 0 Å². The molecule has 0 amide bonds. The highest BCUT2D eigenvalue weighted by atomic mass is 16.5. The number of hydrogen-bond acceptors (Lipinski definition) is 1. The Balaban J connectivity index is 2.05. The van der Waals surface area contributed by atoms with Crippen LogP contribution in [-0.2, 0) is 0 Å². The molecular weight excluding hydrogens is 210 g/mol. The highest BCUT2D eigenvalue weighted by molar-refractivity contribution is 5.38. The summed E-state index contributed by atoms with van der Waals surface area (Å²) in [5.74, 6) is 1.72. The van der Waals surface area contributed by atoms with Gasteiger partial charge in [0.1, 0.15) is 17.4 Å². The molecule has 0 aromatic heterocycles. The Bertz CT molecular complexity index is 427. The first kappa shape index (κ1) is 11.1. The van der Waals surface area contributed by atoms with Crippen LogP contribution in [0.25, 0.3) is 0 Å². The van der Waals surface area contributed by atoms with Crippen LogP contribution >= 0.6 is 0 Å². The molecular formula is C15H22NO+. The Kier molecular flexibility index (Phi) is 2.44. The van der Waals surface area contributed by atoms with Gasteiger partial charge in [-0.1, -0.05) is 12.1 Å². The number of rotatable bonds is 0. The van der Waals surface area contributed by atoms with Crippen LogP contribution in [0.2, 0.25) is 0 Å². The Morgan fingerprint density at radius 2 is 2.00 bits per heavy atom. The number of nitrogens with two attached hydrogens (primary N) is 1. The molecule has 3 rings (SSSR count). The van der Waals surface area contributed by atoms with Gasteiger partial charge in [0.05, 0.1) is 17.5 Å². The molecule has 17 heavy (non-hydrogen) atoms. The van der Waals surface area contributed by atoms with E-state index < -0.39 is 0 Å². The van der Waals surface area contributed by atoms with Crippen LogP contribution < -0.4 is 10.1 Å². The van der Waals surface area contributed by atoms with Crippen molar-refractivity contribution >= 4 is 0 Å². The monoisotopic (exact) mass is 232 g/mol. The fraction of sp³-hybridized carbons (Fsp3) is 0.600.